The van der Waals surface area contributed by atoms with E-state index in [2.05, 4.69) is 29.8 Å². The summed E-state index contributed by atoms with van der Waals surface area (Å²) in [6.45, 7) is 5.20. The molecule has 0 aliphatic heterocycles. The molecule has 110 valence electrons. The highest BCUT2D eigenvalue weighted by Crippen LogP contribution is 2.38. The molecule has 1 aromatic heterocycles. The molecule has 0 spiro atoms. The summed E-state index contributed by atoms with van der Waals surface area (Å²) in [5, 5.41) is 3.13. The standard InChI is InChI=1S/C17H26N2O/c1-12-11-15(13(2)19(12)16-7-8-16)9-10-18-17(20)14-5-3-4-6-14/h11,14,16H,3-10H2,1-2H3,(H,18,20). The molecule has 1 amide bonds. The summed E-state index contributed by atoms with van der Waals surface area (Å²) in [4.78, 5) is 12.0. The van der Waals surface area contributed by atoms with Crippen molar-refractivity contribution in [1.82, 2.24) is 9.88 Å². The van der Waals surface area contributed by atoms with E-state index in [1.807, 2.05) is 0 Å². The van der Waals surface area contributed by atoms with E-state index in [0.29, 0.717) is 0 Å². The molecule has 3 heteroatoms. The molecule has 2 fully saturated rings. The Kier molecular flexibility index (Phi) is 3.86. The van der Waals surface area contributed by atoms with Crippen molar-refractivity contribution in [3.05, 3.63) is 23.0 Å². The fourth-order valence-electron chi connectivity index (χ4n) is 3.65. The number of amides is 1. The highest BCUT2D eigenvalue weighted by molar-refractivity contribution is 5.78. The first-order valence-electron chi connectivity index (χ1n) is 8.12. The number of rotatable bonds is 5. The van der Waals surface area contributed by atoms with Crippen molar-refractivity contribution in [2.24, 2.45) is 5.92 Å². The predicted octanol–water partition coefficient (Wildman–Crippen LogP) is 3.29. The molecular weight excluding hydrogens is 248 g/mol. The lowest BCUT2D eigenvalue weighted by Gasteiger charge is -2.11. The van der Waals surface area contributed by atoms with Crippen LogP contribution in [-0.2, 0) is 11.2 Å². The maximum absolute atomic E-state index is 12.0. The lowest BCUT2D eigenvalue weighted by atomic mass is 10.1. The maximum atomic E-state index is 12.0. The van der Waals surface area contributed by atoms with Gasteiger partial charge < -0.3 is 9.88 Å². The van der Waals surface area contributed by atoms with Gasteiger partial charge >= 0.3 is 0 Å². The Morgan fingerprint density at radius 3 is 2.60 bits per heavy atom. The Bertz CT molecular complexity index is 493. The molecular formula is C17H26N2O. The highest BCUT2D eigenvalue weighted by atomic mass is 16.1. The summed E-state index contributed by atoms with van der Waals surface area (Å²) in [6, 6.07) is 3.05. The Labute approximate surface area is 121 Å². The van der Waals surface area contributed by atoms with E-state index < -0.39 is 0 Å². The molecule has 1 heterocycles. The Hall–Kier alpha value is -1.25. The predicted molar refractivity (Wildman–Crippen MR) is 80.8 cm³/mol. The fourth-order valence-corrected chi connectivity index (χ4v) is 3.65. The second kappa shape index (κ2) is 5.63. The number of hydrogen-bond donors (Lipinski definition) is 1. The van der Waals surface area contributed by atoms with Crippen LogP contribution in [0.5, 0.6) is 0 Å². The van der Waals surface area contributed by atoms with Crippen molar-refractivity contribution >= 4 is 5.91 Å². The van der Waals surface area contributed by atoms with Gasteiger partial charge in [-0.2, -0.15) is 0 Å². The lowest BCUT2D eigenvalue weighted by Crippen LogP contribution is -2.31. The van der Waals surface area contributed by atoms with Gasteiger partial charge in [-0.25, -0.2) is 0 Å². The summed E-state index contributed by atoms with van der Waals surface area (Å²) in [5.41, 5.74) is 4.18. The molecule has 1 N–H and O–H groups in total. The van der Waals surface area contributed by atoms with Crippen LogP contribution in [-0.4, -0.2) is 17.0 Å². The van der Waals surface area contributed by atoms with Crippen LogP contribution in [0.4, 0.5) is 0 Å². The number of nitrogens with one attached hydrogen (secondary N) is 1. The van der Waals surface area contributed by atoms with Gasteiger partial charge in [-0.05, 0) is 57.6 Å². The maximum Gasteiger partial charge on any atom is 0.223 e. The lowest BCUT2D eigenvalue weighted by molar-refractivity contribution is -0.124. The average molecular weight is 274 g/mol. The molecule has 2 saturated carbocycles. The summed E-state index contributed by atoms with van der Waals surface area (Å²) < 4.78 is 2.48. The van der Waals surface area contributed by atoms with Crippen molar-refractivity contribution in [1.29, 1.82) is 0 Å². The Morgan fingerprint density at radius 2 is 1.95 bits per heavy atom. The van der Waals surface area contributed by atoms with Gasteiger partial charge in [0.05, 0.1) is 0 Å². The highest BCUT2D eigenvalue weighted by Gasteiger charge is 2.27. The number of carbonyl (C=O) groups excluding carboxylic acids is 1. The smallest absolute Gasteiger partial charge is 0.223 e. The zero-order valence-corrected chi connectivity index (χ0v) is 12.7. The minimum atomic E-state index is 0.276. The van der Waals surface area contributed by atoms with Crippen LogP contribution in [0, 0.1) is 19.8 Å². The van der Waals surface area contributed by atoms with Crippen LogP contribution in [0.1, 0.15) is 61.5 Å². The number of aryl methyl sites for hydroxylation is 1. The molecule has 0 bridgehead atoms. The summed E-state index contributed by atoms with van der Waals surface area (Å²) in [7, 11) is 0. The summed E-state index contributed by atoms with van der Waals surface area (Å²) in [6.07, 6.45) is 8.23. The van der Waals surface area contributed by atoms with Crippen LogP contribution in [0.2, 0.25) is 0 Å². The van der Waals surface area contributed by atoms with Crippen LogP contribution < -0.4 is 5.32 Å². The van der Waals surface area contributed by atoms with Gasteiger partial charge in [-0.15, -0.1) is 0 Å². The minimum Gasteiger partial charge on any atom is -0.356 e. The van der Waals surface area contributed by atoms with Gasteiger partial charge in [0.1, 0.15) is 0 Å². The third-order valence-corrected chi connectivity index (χ3v) is 4.92. The molecule has 0 radical (unpaired) electrons. The van der Waals surface area contributed by atoms with Crippen LogP contribution in [0.3, 0.4) is 0 Å². The van der Waals surface area contributed by atoms with E-state index in [-0.39, 0.29) is 11.8 Å². The van der Waals surface area contributed by atoms with Crippen LogP contribution in [0.25, 0.3) is 0 Å². The first-order chi connectivity index (χ1) is 9.66. The average Bonchev–Trinajstić information content (AvgIpc) is 3.01. The molecule has 2 aliphatic rings. The molecule has 0 aromatic carbocycles. The van der Waals surface area contributed by atoms with E-state index in [1.165, 1.54) is 42.6 Å². The van der Waals surface area contributed by atoms with Crippen LogP contribution >= 0.6 is 0 Å². The zero-order valence-electron chi connectivity index (χ0n) is 12.7. The van der Waals surface area contributed by atoms with E-state index in [4.69, 9.17) is 0 Å². The Balaban J connectivity index is 1.53. The fraction of sp³-hybridized carbons (Fsp3) is 0.706. The van der Waals surface area contributed by atoms with E-state index in [0.717, 1.165) is 31.8 Å². The van der Waals surface area contributed by atoms with E-state index in [9.17, 15) is 4.79 Å². The van der Waals surface area contributed by atoms with Gasteiger partial charge in [0.25, 0.3) is 0 Å². The zero-order chi connectivity index (χ0) is 14.1. The second-order valence-electron chi connectivity index (χ2n) is 6.52. The van der Waals surface area contributed by atoms with Gasteiger partial charge in [0.2, 0.25) is 5.91 Å². The van der Waals surface area contributed by atoms with Crippen molar-refractivity contribution in [2.75, 3.05) is 6.54 Å². The van der Waals surface area contributed by atoms with Crippen LogP contribution in [0.15, 0.2) is 6.07 Å². The van der Waals surface area contributed by atoms with Gasteiger partial charge in [-0.3, -0.25) is 4.79 Å². The van der Waals surface area contributed by atoms with Gasteiger partial charge in [0, 0.05) is 29.9 Å². The second-order valence-corrected chi connectivity index (χ2v) is 6.52. The first kappa shape index (κ1) is 13.7. The third-order valence-electron chi connectivity index (χ3n) is 4.92. The Morgan fingerprint density at radius 1 is 1.25 bits per heavy atom. The topological polar surface area (TPSA) is 34.0 Å². The molecule has 1 aromatic rings. The molecule has 20 heavy (non-hydrogen) atoms. The number of hydrogen-bond acceptors (Lipinski definition) is 1. The van der Waals surface area contributed by atoms with E-state index in [1.54, 1.807) is 0 Å². The quantitative estimate of drug-likeness (QED) is 0.878. The molecule has 0 unspecified atom stereocenters. The SMILES string of the molecule is Cc1cc(CCNC(=O)C2CCCC2)c(C)n1C1CC1. The monoisotopic (exact) mass is 274 g/mol. The molecule has 0 saturated heterocycles. The van der Waals surface area contributed by atoms with Crippen molar-refractivity contribution < 1.29 is 4.79 Å². The normalized spacial score (nSPS) is 19.5. The summed E-state index contributed by atoms with van der Waals surface area (Å²) in [5.74, 6) is 0.562. The largest absolute Gasteiger partial charge is 0.356 e. The molecule has 0 atom stereocenters. The van der Waals surface area contributed by atoms with Crippen molar-refractivity contribution in [3.8, 4) is 0 Å². The minimum absolute atomic E-state index is 0.276. The van der Waals surface area contributed by atoms with Gasteiger partial charge in [-0.1, -0.05) is 12.8 Å². The molecule has 2 aliphatic carbocycles. The first-order valence-corrected chi connectivity index (χ1v) is 8.12. The number of aromatic nitrogens is 1. The van der Waals surface area contributed by atoms with Crippen molar-refractivity contribution in [2.45, 2.75) is 64.8 Å². The summed E-state index contributed by atoms with van der Waals surface area (Å²) >= 11 is 0. The molecule has 3 nitrogen and oxygen atoms in total. The number of carbonyl (C=O) groups is 1. The molecule has 3 rings (SSSR count). The number of nitrogens with zero attached hydrogens (tertiary/aromatic N) is 1. The third kappa shape index (κ3) is 2.77. The van der Waals surface area contributed by atoms with E-state index >= 15 is 0 Å². The van der Waals surface area contributed by atoms with Gasteiger partial charge in [0.15, 0.2) is 0 Å². The van der Waals surface area contributed by atoms with Crippen molar-refractivity contribution in [3.63, 3.8) is 0 Å².